The molecule has 164 valence electrons. The minimum atomic E-state index is -3.13. The van der Waals surface area contributed by atoms with E-state index < -0.39 is 30.7 Å². The molecular formula is C19H21BN4O7-2. The fourth-order valence-corrected chi connectivity index (χ4v) is 4.43. The lowest BCUT2D eigenvalue weighted by Crippen LogP contribution is -2.60. The lowest BCUT2D eigenvalue weighted by atomic mass is 9.68. The predicted molar refractivity (Wildman–Crippen MR) is 104 cm³/mol. The number of hydrogen-bond donors (Lipinski definition) is 4. The van der Waals surface area contributed by atoms with Crippen LogP contribution in [0.1, 0.15) is 34.0 Å². The lowest BCUT2D eigenvalue weighted by Gasteiger charge is -2.41. The number of aromatic carboxylic acids is 1. The van der Waals surface area contributed by atoms with Crippen molar-refractivity contribution in [2.24, 2.45) is 5.73 Å². The molecule has 2 aromatic rings. The van der Waals surface area contributed by atoms with Gasteiger partial charge in [-0.1, -0.05) is 18.3 Å². The predicted octanol–water partition coefficient (Wildman–Crippen LogP) is -1.89. The van der Waals surface area contributed by atoms with Crippen LogP contribution < -0.4 is 20.2 Å². The number of amides is 1. The maximum atomic E-state index is 12.5. The van der Waals surface area contributed by atoms with Gasteiger partial charge in [0, 0.05) is 18.3 Å². The van der Waals surface area contributed by atoms with Gasteiger partial charge in [-0.05, 0) is 17.5 Å². The van der Waals surface area contributed by atoms with Crippen molar-refractivity contribution < 1.29 is 34.1 Å². The molecule has 1 saturated heterocycles. The SMILES string of the molecule is N[C@@H](Cc1cnc[nH]1)C(=O)N1CC(Oc2ccc3c(c2C(=O)[O-])O[B-](O)(O)[C@@H]2C[C@H]32)C1. The van der Waals surface area contributed by atoms with Crippen LogP contribution in [0.3, 0.4) is 0 Å². The summed E-state index contributed by atoms with van der Waals surface area (Å²) in [5.74, 6) is -2.47. The van der Waals surface area contributed by atoms with Crippen LogP contribution in [-0.4, -0.2) is 68.8 Å². The van der Waals surface area contributed by atoms with Gasteiger partial charge in [-0.15, -0.1) is 0 Å². The molecule has 5 N–H and O–H groups in total. The minimum Gasteiger partial charge on any atom is -0.669 e. The van der Waals surface area contributed by atoms with Crippen LogP contribution in [-0.2, 0) is 11.2 Å². The normalized spacial score (nSPS) is 24.3. The van der Waals surface area contributed by atoms with Crippen LogP contribution in [0.25, 0.3) is 0 Å². The van der Waals surface area contributed by atoms with E-state index in [1.165, 1.54) is 17.3 Å². The van der Waals surface area contributed by atoms with Gasteiger partial charge in [0.05, 0.1) is 42.7 Å². The summed E-state index contributed by atoms with van der Waals surface area (Å²) >= 11 is 0. The molecule has 3 aliphatic rings. The molecule has 1 amide bonds. The number of fused-ring (bicyclic) bond motifs is 3. The van der Waals surface area contributed by atoms with Crippen molar-refractivity contribution in [2.75, 3.05) is 13.1 Å². The smallest absolute Gasteiger partial charge is 0.434 e. The number of aromatic nitrogens is 2. The first kappa shape index (κ1) is 19.9. The second kappa shape index (κ2) is 6.97. The first-order chi connectivity index (χ1) is 14.7. The highest BCUT2D eigenvalue weighted by Crippen LogP contribution is 2.63. The molecule has 1 aliphatic carbocycles. The van der Waals surface area contributed by atoms with Crippen molar-refractivity contribution in [1.82, 2.24) is 14.9 Å². The van der Waals surface area contributed by atoms with E-state index in [4.69, 9.17) is 15.1 Å². The van der Waals surface area contributed by atoms with E-state index in [-0.39, 0.29) is 42.0 Å². The van der Waals surface area contributed by atoms with E-state index >= 15 is 0 Å². The average molecular weight is 428 g/mol. The largest absolute Gasteiger partial charge is 0.669 e. The van der Waals surface area contributed by atoms with E-state index in [1.54, 1.807) is 12.3 Å². The third-order valence-corrected chi connectivity index (χ3v) is 6.21. The zero-order chi connectivity index (χ0) is 21.9. The van der Waals surface area contributed by atoms with Crippen molar-refractivity contribution in [1.29, 1.82) is 0 Å². The van der Waals surface area contributed by atoms with Crippen molar-refractivity contribution >= 4 is 18.6 Å². The Hall–Kier alpha value is -3.09. The molecule has 31 heavy (non-hydrogen) atoms. The van der Waals surface area contributed by atoms with Crippen molar-refractivity contribution in [2.45, 2.75) is 36.7 Å². The number of carbonyl (C=O) groups excluding carboxylic acids is 2. The quantitative estimate of drug-likeness (QED) is 0.384. The van der Waals surface area contributed by atoms with Gasteiger partial charge in [0.1, 0.15) is 11.9 Å². The van der Waals surface area contributed by atoms with Gasteiger partial charge in [0.2, 0.25) is 5.91 Å². The minimum absolute atomic E-state index is 0.00306. The molecule has 3 atom stereocenters. The van der Waals surface area contributed by atoms with E-state index in [9.17, 15) is 24.7 Å². The van der Waals surface area contributed by atoms with Crippen LogP contribution in [0.5, 0.6) is 11.5 Å². The lowest BCUT2D eigenvalue weighted by molar-refractivity contribution is -0.255. The van der Waals surface area contributed by atoms with Gasteiger partial charge in [0.15, 0.2) is 0 Å². The highest BCUT2D eigenvalue weighted by molar-refractivity contribution is 6.62. The standard InChI is InChI=1S/C19H22BN4O7/c21-14(3-9-5-22-8-23-9)18(25)24-6-10(7-24)30-15-2-1-11-12-4-13(12)20(28,29)31-17(11)16(15)19(26)27/h1-2,5,8,10,12-14,28-29H,3-4,6-7,21H2,(H,22,23)(H,26,27)/q-1/p-1/t12-,13-,14+/m1/s1. The molecule has 5 rings (SSSR count). The molecule has 2 aliphatic heterocycles. The zero-order valence-corrected chi connectivity index (χ0v) is 16.4. The van der Waals surface area contributed by atoms with Gasteiger partial charge in [-0.3, -0.25) is 4.79 Å². The van der Waals surface area contributed by atoms with E-state index in [0.29, 0.717) is 18.4 Å². The first-order valence-corrected chi connectivity index (χ1v) is 10.1. The fraction of sp³-hybridized carbons (Fsp3) is 0.421. The molecule has 0 bridgehead atoms. The van der Waals surface area contributed by atoms with Gasteiger partial charge >= 0.3 is 6.75 Å². The number of aromatic amines is 1. The second-order valence-electron chi connectivity index (χ2n) is 8.40. The molecule has 1 saturated carbocycles. The number of ether oxygens (including phenoxy) is 1. The molecule has 0 radical (unpaired) electrons. The Balaban J connectivity index is 1.27. The third-order valence-electron chi connectivity index (χ3n) is 6.21. The van der Waals surface area contributed by atoms with Crippen LogP contribution in [0.2, 0.25) is 5.82 Å². The van der Waals surface area contributed by atoms with Crippen LogP contribution >= 0.6 is 0 Å². The maximum Gasteiger partial charge on any atom is 0.434 e. The maximum absolute atomic E-state index is 12.5. The van der Waals surface area contributed by atoms with Gasteiger partial charge in [-0.25, -0.2) is 4.98 Å². The Morgan fingerprint density at radius 3 is 2.87 bits per heavy atom. The highest BCUT2D eigenvalue weighted by atomic mass is 16.6. The summed E-state index contributed by atoms with van der Waals surface area (Å²) < 4.78 is 11.0. The summed E-state index contributed by atoms with van der Waals surface area (Å²) in [6.07, 6.45) is 3.53. The number of imidazole rings is 1. The van der Waals surface area contributed by atoms with E-state index in [0.717, 1.165) is 5.69 Å². The molecule has 2 fully saturated rings. The Morgan fingerprint density at radius 1 is 1.42 bits per heavy atom. The third kappa shape index (κ3) is 3.42. The number of carboxylic acid groups (broad SMARTS) is 1. The summed E-state index contributed by atoms with van der Waals surface area (Å²) in [4.78, 5) is 32.6. The van der Waals surface area contributed by atoms with Gasteiger partial charge < -0.3 is 45.0 Å². The van der Waals surface area contributed by atoms with Crippen LogP contribution in [0.4, 0.5) is 0 Å². The van der Waals surface area contributed by atoms with Crippen molar-refractivity contribution in [3.05, 3.63) is 41.5 Å². The number of nitrogens with one attached hydrogen (secondary N) is 1. The van der Waals surface area contributed by atoms with E-state index in [1.807, 2.05) is 0 Å². The van der Waals surface area contributed by atoms with Crippen LogP contribution in [0, 0.1) is 0 Å². The topological polar surface area (TPSA) is 174 Å². The van der Waals surface area contributed by atoms with Gasteiger partial charge in [-0.2, -0.15) is 0 Å². The molecule has 0 unspecified atom stereocenters. The summed E-state index contributed by atoms with van der Waals surface area (Å²) in [5, 5.41) is 32.0. The summed E-state index contributed by atoms with van der Waals surface area (Å²) in [6, 6.07) is 2.47. The monoisotopic (exact) mass is 428 g/mol. The molecular weight excluding hydrogens is 407 g/mol. The molecule has 1 aromatic carbocycles. The highest BCUT2D eigenvalue weighted by Gasteiger charge is 2.55. The second-order valence-corrected chi connectivity index (χ2v) is 8.40. The van der Waals surface area contributed by atoms with Crippen molar-refractivity contribution in [3.63, 3.8) is 0 Å². The Bertz CT molecular complexity index is 1040. The fourth-order valence-electron chi connectivity index (χ4n) is 4.43. The Morgan fingerprint density at radius 2 is 2.19 bits per heavy atom. The van der Waals surface area contributed by atoms with Crippen molar-refractivity contribution in [3.8, 4) is 11.5 Å². The summed E-state index contributed by atoms with van der Waals surface area (Å²) in [5.41, 5.74) is 6.98. The number of carboxylic acids is 1. The summed E-state index contributed by atoms with van der Waals surface area (Å²) in [6.45, 7) is -2.63. The number of nitrogens with two attached hydrogens (primary N) is 1. The molecule has 12 heteroatoms. The molecule has 1 aromatic heterocycles. The Kier molecular flexibility index (Phi) is 4.47. The Labute approximate surface area is 176 Å². The number of rotatable bonds is 6. The number of carbonyl (C=O) groups is 2. The molecule has 3 heterocycles. The first-order valence-electron chi connectivity index (χ1n) is 10.1. The zero-order valence-electron chi connectivity index (χ0n) is 16.4. The number of likely N-dealkylation sites (tertiary alicyclic amines) is 1. The molecule has 0 spiro atoms. The van der Waals surface area contributed by atoms with Crippen LogP contribution in [0.15, 0.2) is 24.7 Å². The number of benzene rings is 1. The summed E-state index contributed by atoms with van der Waals surface area (Å²) in [7, 11) is 0. The van der Waals surface area contributed by atoms with Gasteiger partial charge in [0.25, 0.3) is 0 Å². The average Bonchev–Trinajstić information content (AvgIpc) is 3.34. The number of hydrogen-bond acceptors (Lipinski definition) is 9. The van der Waals surface area contributed by atoms with E-state index in [2.05, 4.69) is 9.97 Å². The number of nitrogens with zero attached hydrogens (tertiary/aromatic N) is 2. The molecule has 11 nitrogen and oxygen atoms in total. The number of H-pyrrole nitrogens is 1.